The summed E-state index contributed by atoms with van der Waals surface area (Å²) >= 11 is 0. The molecule has 0 unspecified atom stereocenters. The van der Waals surface area contributed by atoms with Gasteiger partial charge < -0.3 is 15.1 Å². The van der Waals surface area contributed by atoms with Crippen LogP contribution in [-0.2, 0) is 4.79 Å². The summed E-state index contributed by atoms with van der Waals surface area (Å²) in [7, 11) is 0. The Hall–Kier alpha value is -1.71. The van der Waals surface area contributed by atoms with E-state index in [2.05, 4.69) is 4.90 Å². The zero-order valence-electron chi connectivity index (χ0n) is 8.97. The zero-order valence-corrected chi connectivity index (χ0v) is 8.97. The molecule has 4 nitrogen and oxygen atoms in total. The summed E-state index contributed by atoms with van der Waals surface area (Å²) in [4.78, 5) is 12.9. The SMILES string of the molecule is O=C(O)C1CCN(c2ccc(O)cc2)CC1. The normalized spacial score (nSPS) is 17.4. The fourth-order valence-electron chi connectivity index (χ4n) is 2.05. The van der Waals surface area contributed by atoms with Gasteiger partial charge in [-0.2, -0.15) is 0 Å². The van der Waals surface area contributed by atoms with Crippen LogP contribution in [0.3, 0.4) is 0 Å². The lowest BCUT2D eigenvalue weighted by atomic mass is 9.97. The molecule has 2 N–H and O–H groups in total. The van der Waals surface area contributed by atoms with Crippen molar-refractivity contribution in [2.24, 2.45) is 5.92 Å². The molecule has 0 aromatic heterocycles. The van der Waals surface area contributed by atoms with Crippen molar-refractivity contribution in [1.82, 2.24) is 0 Å². The van der Waals surface area contributed by atoms with Crippen LogP contribution in [0.1, 0.15) is 12.8 Å². The molecular weight excluding hydrogens is 206 g/mol. The van der Waals surface area contributed by atoms with E-state index in [1.165, 1.54) is 0 Å². The smallest absolute Gasteiger partial charge is 0.306 e. The molecule has 0 atom stereocenters. The van der Waals surface area contributed by atoms with Gasteiger partial charge in [0.25, 0.3) is 0 Å². The molecule has 2 rings (SSSR count). The maximum absolute atomic E-state index is 10.8. The maximum Gasteiger partial charge on any atom is 0.306 e. The van der Waals surface area contributed by atoms with Gasteiger partial charge >= 0.3 is 5.97 Å². The quantitative estimate of drug-likeness (QED) is 0.797. The van der Waals surface area contributed by atoms with Gasteiger partial charge in [-0.1, -0.05) is 0 Å². The summed E-state index contributed by atoms with van der Waals surface area (Å²) in [5.74, 6) is -0.636. The largest absolute Gasteiger partial charge is 0.508 e. The van der Waals surface area contributed by atoms with Crippen molar-refractivity contribution in [1.29, 1.82) is 0 Å². The predicted molar refractivity (Wildman–Crippen MR) is 60.7 cm³/mol. The second-order valence-corrected chi connectivity index (χ2v) is 4.12. The van der Waals surface area contributed by atoms with Gasteiger partial charge in [-0.25, -0.2) is 0 Å². The predicted octanol–water partition coefficient (Wildman–Crippen LogP) is 1.69. The number of nitrogens with zero attached hydrogens (tertiary/aromatic N) is 1. The highest BCUT2D eigenvalue weighted by molar-refractivity contribution is 5.70. The average Bonchev–Trinajstić information content (AvgIpc) is 2.30. The van der Waals surface area contributed by atoms with Crippen molar-refractivity contribution in [3.8, 4) is 5.75 Å². The van der Waals surface area contributed by atoms with Crippen LogP contribution >= 0.6 is 0 Å². The Morgan fingerprint density at radius 1 is 1.19 bits per heavy atom. The number of phenols is 1. The monoisotopic (exact) mass is 221 g/mol. The Morgan fingerprint density at radius 3 is 2.25 bits per heavy atom. The molecule has 0 aliphatic carbocycles. The van der Waals surface area contributed by atoms with E-state index >= 15 is 0 Å². The molecule has 1 heterocycles. The fourth-order valence-corrected chi connectivity index (χ4v) is 2.05. The van der Waals surface area contributed by atoms with Crippen LogP contribution in [0.2, 0.25) is 0 Å². The third kappa shape index (κ3) is 2.27. The third-order valence-corrected chi connectivity index (χ3v) is 3.06. The molecule has 1 aromatic carbocycles. The van der Waals surface area contributed by atoms with Crippen LogP contribution in [0.4, 0.5) is 5.69 Å². The van der Waals surface area contributed by atoms with Gasteiger partial charge in [0.1, 0.15) is 5.75 Å². The number of anilines is 1. The molecule has 0 amide bonds. The number of carboxylic acids is 1. The maximum atomic E-state index is 10.8. The Balaban J connectivity index is 1.99. The summed E-state index contributed by atoms with van der Waals surface area (Å²) in [6.45, 7) is 1.53. The van der Waals surface area contributed by atoms with Crippen molar-refractivity contribution in [2.45, 2.75) is 12.8 Å². The standard InChI is InChI=1S/C12H15NO3/c14-11-3-1-10(2-4-11)13-7-5-9(6-8-13)12(15)16/h1-4,9,14H,5-8H2,(H,15,16). The highest BCUT2D eigenvalue weighted by Crippen LogP contribution is 2.24. The van der Waals surface area contributed by atoms with E-state index in [9.17, 15) is 9.90 Å². The van der Waals surface area contributed by atoms with E-state index in [1.807, 2.05) is 12.1 Å². The first-order valence-corrected chi connectivity index (χ1v) is 5.43. The minimum atomic E-state index is -0.689. The van der Waals surface area contributed by atoms with Gasteiger partial charge in [-0.05, 0) is 37.1 Å². The Labute approximate surface area is 94.1 Å². The lowest BCUT2D eigenvalue weighted by molar-refractivity contribution is -0.142. The van der Waals surface area contributed by atoms with Crippen LogP contribution < -0.4 is 4.90 Å². The van der Waals surface area contributed by atoms with E-state index in [4.69, 9.17) is 5.11 Å². The van der Waals surface area contributed by atoms with Gasteiger partial charge in [-0.15, -0.1) is 0 Å². The minimum Gasteiger partial charge on any atom is -0.508 e. The number of benzene rings is 1. The summed E-state index contributed by atoms with van der Waals surface area (Å²) in [5.41, 5.74) is 1.04. The number of rotatable bonds is 2. The number of phenolic OH excluding ortho intramolecular Hbond substituents is 1. The highest BCUT2D eigenvalue weighted by Gasteiger charge is 2.24. The molecule has 86 valence electrons. The van der Waals surface area contributed by atoms with Crippen LogP contribution in [-0.4, -0.2) is 29.3 Å². The number of aliphatic carboxylic acids is 1. The summed E-state index contributed by atoms with van der Waals surface area (Å²) < 4.78 is 0. The lowest BCUT2D eigenvalue weighted by Crippen LogP contribution is -2.36. The fraction of sp³-hybridized carbons (Fsp3) is 0.417. The molecule has 16 heavy (non-hydrogen) atoms. The van der Waals surface area contributed by atoms with Gasteiger partial charge in [0.2, 0.25) is 0 Å². The molecular formula is C12H15NO3. The number of hydrogen-bond acceptors (Lipinski definition) is 3. The summed E-state index contributed by atoms with van der Waals surface area (Å²) in [5, 5.41) is 18.1. The van der Waals surface area contributed by atoms with Crippen LogP contribution in [0.25, 0.3) is 0 Å². The van der Waals surface area contributed by atoms with E-state index in [1.54, 1.807) is 12.1 Å². The second kappa shape index (κ2) is 4.43. The molecule has 4 heteroatoms. The van der Waals surface area contributed by atoms with E-state index in [0.29, 0.717) is 12.8 Å². The van der Waals surface area contributed by atoms with Gasteiger partial charge in [-0.3, -0.25) is 4.79 Å². The Bertz CT molecular complexity index is 366. The van der Waals surface area contributed by atoms with Gasteiger partial charge in [0, 0.05) is 18.8 Å². The van der Waals surface area contributed by atoms with Crippen molar-refractivity contribution < 1.29 is 15.0 Å². The third-order valence-electron chi connectivity index (χ3n) is 3.06. The molecule has 1 fully saturated rings. The minimum absolute atomic E-state index is 0.201. The molecule has 1 aromatic rings. The number of aromatic hydroxyl groups is 1. The first kappa shape index (κ1) is 10.8. The number of piperidine rings is 1. The van der Waals surface area contributed by atoms with E-state index < -0.39 is 5.97 Å². The molecule has 0 bridgehead atoms. The van der Waals surface area contributed by atoms with E-state index in [0.717, 1.165) is 18.8 Å². The van der Waals surface area contributed by atoms with Crippen molar-refractivity contribution in [3.63, 3.8) is 0 Å². The molecule has 1 aliphatic heterocycles. The number of carboxylic acid groups (broad SMARTS) is 1. The molecule has 0 spiro atoms. The van der Waals surface area contributed by atoms with Gasteiger partial charge in [0.05, 0.1) is 5.92 Å². The summed E-state index contributed by atoms with van der Waals surface area (Å²) in [6, 6.07) is 7.02. The first-order valence-electron chi connectivity index (χ1n) is 5.43. The van der Waals surface area contributed by atoms with Gasteiger partial charge in [0.15, 0.2) is 0 Å². The lowest BCUT2D eigenvalue weighted by Gasteiger charge is -2.31. The van der Waals surface area contributed by atoms with Crippen LogP contribution in [0.15, 0.2) is 24.3 Å². The molecule has 0 saturated carbocycles. The topological polar surface area (TPSA) is 60.8 Å². The first-order chi connectivity index (χ1) is 7.66. The van der Waals surface area contributed by atoms with Crippen molar-refractivity contribution in [2.75, 3.05) is 18.0 Å². The summed E-state index contributed by atoms with van der Waals surface area (Å²) in [6.07, 6.45) is 1.38. The van der Waals surface area contributed by atoms with Crippen molar-refractivity contribution >= 4 is 11.7 Å². The molecule has 1 aliphatic rings. The van der Waals surface area contributed by atoms with Crippen LogP contribution in [0.5, 0.6) is 5.75 Å². The molecule has 0 radical (unpaired) electrons. The average molecular weight is 221 g/mol. The highest BCUT2D eigenvalue weighted by atomic mass is 16.4. The Morgan fingerprint density at radius 2 is 1.75 bits per heavy atom. The zero-order chi connectivity index (χ0) is 11.5. The van der Waals surface area contributed by atoms with Crippen molar-refractivity contribution in [3.05, 3.63) is 24.3 Å². The Kier molecular flexibility index (Phi) is 2.99. The molecule has 1 saturated heterocycles. The second-order valence-electron chi connectivity index (χ2n) is 4.12. The number of hydrogen-bond donors (Lipinski definition) is 2. The number of carbonyl (C=O) groups is 1. The van der Waals surface area contributed by atoms with E-state index in [-0.39, 0.29) is 11.7 Å². The van der Waals surface area contributed by atoms with Crippen LogP contribution in [0, 0.1) is 5.92 Å².